The highest BCUT2D eigenvalue weighted by Gasteiger charge is 2.28. The van der Waals surface area contributed by atoms with Crippen LogP contribution in [0.2, 0.25) is 0 Å². The van der Waals surface area contributed by atoms with E-state index in [2.05, 4.69) is 10.3 Å². The molecule has 1 aliphatic rings. The number of imidazole rings is 1. The number of ether oxygens (including phenoxy) is 1. The molecule has 3 aromatic rings. The fourth-order valence-electron chi connectivity index (χ4n) is 3.46. The zero-order valence-corrected chi connectivity index (χ0v) is 19.0. The van der Waals surface area contributed by atoms with Crippen molar-refractivity contribution in [2.24, 2.45) is 7.05 Å². The zero-order valence-electron chi connectivity index (χ0n) is 17.4. The lowest BCUT2D eigenvalue weighted by atomic mass is 10.2. The molecule has 0 unspecified atom stereocenters. The maximum atomic E-state index is 13.0. The van der Waals surface area contributed by atoms with Crippen LogP contribution in [0.15, 0.2) is 52.5 Å². The normalized spacial score (nSPS) is 15.3. The number of aryl methyl sites for hydroxylation is 2. The molecule has 4 rings (SSSR count). The van der Waals surface area contributed by atoms with Gasteiger partial charge in [-0.25, -0.2) is 13.4 Å². The van der Waals surface area contributed by atoms with Gasteiger partial charge in [-0.3, -0.25) is 4.79 Å². The highest BCUT2D eigenvalue weighted by molar-refractivity contribution is 7.99. The van der Waals surface area contributed by atoms with Gasteiger partial charge in [0.25, 0.3) is 0 Å². The minimum Gasteiger partial charge on any atom is -0.379 e. The quantitative estimate of drug-likeness (QED) is 0.569. The molecular weight excluding hydrogens is 436 g/mol. The van der Waals surface area contributed by atoms with Crippen LogP contribution in [0.4, 0.5) is 5.69 Å². The Labute approximate surface area is 185 Å². The van der Waals surface area contributed by atoms with Crippen molar-refractivity contribution in [3.63, 3.8) is 0 Å². The van der Waals surface area contributed by atoms with Crippen molar-refractivity contribution in [3.8, 4) is 0 Å². The highest BCUT2D eigenvalue weighted by Crippen LogP contribution is 2.26. The molecule has 8 nitrogen and oxygen atoms in total. The Morgan fingerprint density at radius 2 is 1.94 bits per heavy atom. The van der Waals surface area contributed by atoms with E-state index in [4.69, 9.17) is 4.74 Å². The Hall–Kier alpha value is -2.40. The molecule has 2 aromatic carbocycles. The summed E-state index contributed by atoms with van der Waals surface area (Å²) in [7, 11) is -1.73. The van der Waals surface area contributed by atoms with Gasteiger partial charge in [-0.1, -0.05) is 30.0 Å². The van der Waals surface area contributed by atoms with E-state index in [-0.39, 0.29) is 16.6 Å². The number of nitrogens with zero attached hydrogens (tertiary/aromatic N) is 3. The Kier molecular flexibility index (Phi) is 6.33. The van der Waals surface area contributed by atoms with Gasteiger partial charge in [0, 0.05) is 25.8 Å². The second-order valence-electron chi connectivity index (χ2n) is 7.28. The van der Waals surface area contributed by atoms with Crippen LogP contribution in [-0.4, -0.2) is 60.2 Å². The van der Waals surface area contributed by atoms with Crippen molar-refractivity contribution >= 4 is 44.4 Å². The van der Waals surface area contributed by atoms with Crippen LogP contribution in [0.25, 0.3) is 11.0 Å². The minimum atomic E-state index is -3.64. The molecule has 1 aliphatic heterocycles. The standard InChI is InChI=1S/C21H24N4O4S2/c1-15-7-8-16(13-19(15)31(27,28)25-9-11-29-12-10-25)22-20(26)14-30-21-23-17-5-3-4-6-18(17)24(21)2/h3-8,13H,9-12,14H2,1-2H3,(H,22,26). The molecule has 0 bridgehead atoms. The van der Waals surface area contributed by atoms with Gasteiger partial charge in [-0.2, -0.15) is 4.31 Å². The number of aromatic nitrogens is 2. The number of hydrogen-bond acceptors (Lipinski definition) is 6. The van der Waals surface area contributed by atoms with Crippen molar-refractivity contribution in [1.82, 2.24) is 13.9 Å². The molecule has 1 amide bonds. The number of fused-ring (bicyclic) bond motifs is 1. The van der Waals surface area contributed by atoms with E-state index in [1.165, 1.54) is 22.1 Å². The fourth-order valence-corrected chi connectivity index (χ4v) is 5.91. The summed E-state index contributed by atoms with van der Waals surface area (Å²) in [4.78, 5) is 17.3. The van der Waals surface area contributed by atoms with Crippen molar-refractivity contribution in [2.75, 3.05) is 37.4 Å². The van der Waals surface area contributed by atoms with Crippen LogP contribution in [0.3, 0.4) is 0 Å². The summed E-state index contributed by atoms with van der Waals surface area (Å²) >= 11 is 1.34. The summed E-state index contributed by atoms with van der Waals surface area (Å²) in [5.41, 5.74) is 2.97. The van der Waals surface area contributed by atoms with E-state index in [9.17, 15) is 13.2 Å². The number of anilines is 1. The summed E-state index contributed by atoms with van der Waals surface area (Å²) in [6.07, 6.45) is 0. The van der Waals surface area contributed by atoms with Crippen LogP contribution in [0.1, 0.15) is 5.56 Å². The fraction of sp³-hybridized carbons (Fsp3) is 0.333. The first-order valence-corrected chi connectivity index (χ1v) is 12.3. The predicted octanol–water partition coefficient (Wildman–Crippen LogP) is 2.63. The van der Waals surface area contributed by atoms with Crippen molar-refractivity contribution < 1.29 is 17.9 Å². The number of morpholine rings is 1. The molecule has 1 N–H and O–H groups in total. The van der Waals surface area contributed by atoms with E-state index in [1.807, 2.05) is 35.9 Å². The molecule has 0 radical (unpaired) electrons. The summed E-state index contributed by atoms with van der Waals surface area (Å²) in [6, 6.07) is 12.7. The van der Waals surface area contributed by atoms with Crippen molar-refractivity contribution in [2.45, 2.75) is 17.0 Å². The first-order valence-electron chi connectivity index (χ1n) is 9.89. The number of para-hydroxylation sites is 2. The molecule has 0 spiro atoms. The van der Waals surface area contributed by atoms with Crippen molar-refractivity contribution in [1.29, 1.82) is 0 Å². The van der Waals surface area contributed by atoms with Crippen molar-refractivity contribution in [3.05, 3.63) is 48.0 Å². The smallest absolute Gasteiger partial charge is 0.243 e. The summed E-state index contributed by atoms with van der Waals surface area (Å²) in [6.45, 7) is 3.17. The third-order valence-electron chi connectivity index (χ3n) is 5.14. The van der Waals surface area contributed by atoms with Crippen LogP contribution >= 0.6 is 11.8 Å². The lowest BCUT2D eigenvalue weighted by Gasteiger charge is -2.26. The number of sulfonamides is 1. The highest BCUT2D eigenvalue weighted by atomic mass is 32.2. The second kappa shape index (κ2) is 8.99. The number of hydrogen-bond donors (Lipinski definition) is 1. The lowest BCUT2D eigenvalue weighted by Crippen LogP contribution is -2.40. The van der Waals surface area contributed by atoms with E-state index < -0.39 is 10.0 Å². The van der Waals surface area contributed by atoms with Gasteiger partial charge in [0.05, 0.1) is 34.9 Å². The summed E-state index contributed by atoms with van der Waals surface area (Å²) < 4.78 is 34.7. The van der Waals surface area contributed by atoms with Crippen LogP contribution in [0, 0.1) is 6.92 Å². The summed E-state index contributed by atoms with van der Waals surface area (Å²) in [5, 5.41) is 3.55. The van der Waals surface area contributed by atoms with E-state index in [0.29, 0.717) is 37.6 Å². The molecule has 0 aliphatic carbocycles. The second-order valence-corrected chi connectivity index (χ2v) is 10.1. The molecule has 10 heteroatoms. The molecular formula is C21H24N4O4S2. The molecule has 31 heavy (non-hydrogen) atoms. The number of carbonyl (C=O) groups is 1. The maximum absolute atomic E-state index is 13.0. The largest absolute Gasteiger partial charge is 0.379 e. The Balaban J connectivity index is 1.46. The zero-order chi connectivity index (χ0) is 22.0. The molecule has 1 fully saturated rings. The Morgan fingerprint density at radius 1 is 1.19 bits per heavy atom. The van der Waals surface area contributed by atoms with Gasteiger partial charge in [0.1, 0.15) is 0 Å². The number of rotatable bonds is 6. The third-order valence-corrected chi connectivity index (χ3v) is 8.21. The van der Waals surface area contributed by atoms with Gasteiger partial charge in [0.15, 0.2) is 5.16 Å². The van der Waals surface area contributed by atoms with Gasteiger partial charge in [-0.05, 0) is 36.8 Å². The van der Waals surface area contributed by atoms with E-state index in [1.54, 1.807) is 19.1 Å². The third kappa shape index (κ3) is 4.62. The molecule has 164 valence electrons. The lowest BCUT2D eigenvalue weighted by molar-refractivity contribution is -0.113. The van der Waals surface area contributed by atoms with Gasteiger partial charge in [0.2, 0.25) is 15.9 Å². The number of carbonyl (C=O) groups excluding carboxylic acids is 1. The Morgan fingerprint density at radius 3 is 2.68 bits per heavy atom. The number of thioether (sulfide) groups is 1. The van der Waals surface area contributed by atoms with E-state index >= 15 is 0 Å². The predicted molar refractivity (Wildman–Crippen MR) is 121 cm³/mol. The SMILES string of the molecule is Cc1ccc(NC(=O)CSc2nc3ccccc3n2C)cc1S(=O)(=O)N1CCOCC1. The Bertz CT molecular complexity index is 1220. The van der Waals surface area contributed by atoms with Crippen LogP contribution in [-0.2, 0) is 26.6 Å². The monoisotopic (exact) mass is 460 g/mol. The van der Waals surface area contributed by atoms with Crippen LogP contribution in [0.5, 0.6) is 0 Å². The first-order chi connectivity index (χ1) is 14.9. The molecule has 1 aromatic heterocycles. The summed E-state index contributed by atoms with van der Waals surface area (Å²) in [5.74, 6) is -0.0630. The average Bonchev–Trinajstić information content (AvgIpc) is 3.10. The van der Waals surface area contributed by atoms with Gasteiger partial charge in [-0.15, -0.1) is 0 Å². The minimum absolute atomic E-state index is 0.163. The van der Waals surface area contributed by atoms with E-state index in [0.717, 1.165) is 16.2 Å². The maximum Gasteiger partial charge on any atom is 0.243 e. The van der Waals surface area contributed by atoms with Gasteiger partial charge >= 0.3 is 0 Å². The molecule has 2 heterocycles. The number of nitrogens with one attached hydrogen (secondary N) is 1. The number of benzene rings is 2. The topological polar surface area (TPSA) is 93.5 Å². The molecule has 1 saturated heterocycles. The number of amides is 1. The molecule has 0 atom stereocenters. The molecule has 0 saturated carbocycles. The van der Waals surface area contributed by atoms with Gasteiger partial charge < -0.3 is 14.6 Å². The average molecular weight is 461 g/mol. The first kappa shape index (κ1) is 21.8. The van der Waals surface area contributed by atoms with Crippen LogP contribution < -0.4 is 5.32 Å².